The second kappa shape index (κ2) is 10.9. The zero-order valence-electron chi connectivity index (χ0n) is 20.6. The van der Waals surface area contributed by atoms with E-state index in [0.29, 0.717) is 6.61 Å². The van der Waals surface area contributed by atoms with E-state index in [1.165, 1.54) is 22.4 Å². The quantitative estimate of drug-likeness (QED) is 0.425. The number of rotatable bonds is 7. The molecule has 3 aromatic rings. The Morgan fingerprint density at radius 2 is 1.32 bits per heavy atom. The number of ether oxygens (including phenoxy) is 1. The maximum absolute atomic E-state index is 11.9. The predicted molar refractivity (Wildman–Crippen MR) is 139 cm³/mol. The number of benzene rings is 3. The van der Waals surface area contributed by atoms with E-state index in [2.05, 4.69) is 94.7 Å². The standard InChI is InChI=1S/C30H36N2O2/c1-30(2,3)29(33)34-23-18-24-14-16-27(17-15-24)31-19-21-32(22-20-31)28(25-10-6-4-7-11-25)26-12-8-5-9-13-26/h4-17,28H,18-23H2,1-3H3. The number of carbonyl (C=O) groups is 1. The van der Waals surface area contributed by atoms with E-state index in [0.717, 1.165) is 32.6 Å². The van der Waals surface area contributed by atoms with Crippen molar-refractivity contribution in [2.24, 2.45) is 5.41 Å². The summed E-state index contributed by atoms with van der Waals surface area (Å²) in [4.78, 5) is 17.0. The summed E-state index contributed by atoms with van der Waals surface area (Å²) in [6.45, 7) is 10.1. The van der Waals surface area contributed by atoms with Gasteiger partial charge in [-0.1, -0.05) is 72.8 Å². The molecule has 4 nitrogen and oxygen atoms in total. The van der Waals surface area contributed by atoms with E-state index in [1.807, 2.05) is 20.8 Å². The molecule has 0 N–H and O–H groups in total. The number of hydrogen-bond acceptors (Lipinski definition) is 4. The van der Waals surface area contributed by atoms with Crippen molar-refractivity contribution in [2.45, 2.75) is 33.2 Å². The zero-order chi connectivity index (χ0) is 24.0. The molecule has 3 aromatic carbocycles. The Kier molecular flexibility index (Phi) is 7.69. The Hall–Kier alpha value is -3.11. The van der Waals surface area contributed by atoms with Crippen molar-refractivity contribution in [3.63, 3.8) is 0 Å². The Morgan fingerprint density at radius 1 is 0.794 bits per heavy atom. The third-order valence-electron chi connectivity index (χ3n) is 6.45. The van der Waals surface area contributed by atoms with Crippen LogP contribution in [0.2, 0.25) is 0 Å². The van der Waals surface area contributed by atoms with Crippen LogP contribution in [0.15, 0.2) is 84.9 Å². The van der Waals surface area contributed by atoms with Gasteiger partial charge in [0, 0.05) is 38.3 Å². The molecule has 0 atom stereocenters. The average molecular weight is 457 g/mol. The van der Waals surface area contributed by atoms with Crippen molar-refractivity contribution in [3.05, 3.63) is 102 Å². The van der Waals surface area contributed by atoms with Gasteiger partial charge >= 0.3 is 5.97 Å². The molecule has 1 aliphatic heterocycles. The summed E-state index contributed by atoms with van der Waals surface area (Å²) >= 11 is 0. The highest BCUT2D eigenvalue weighted by molar-refractivity contribution is 5.75. The molecule has 0 radical (unpaired) electrons. The Labute approximate surface area is 204 Å². The average Bonchev–Trinajstić information content (AvgIpc) is 2.86. The molecule has 0 saturated carbocycles. The topological polar surface area (TPSA) is 32.8 Å². The first-order chi connectivity index (χ1) is 16.4. The maximum atomic E-state index is 11.9. The largest absolute Gasteiger partial charge is 0.465 e. The van der Waals surface area contributed by atoms with Crippen molar-refractivity contribution in [3.8, 4) is 0 Å². The van der Waals surface area contributed by atoms with Gasteiger partial charge in [0.2, 0.25) is 0 Å². The summed E-state index contributed by atoms with van der Waals surface area (Å²) in [6, 6.07) is 30.6. The molecule has 178 valence electrons. The lowest BCUT2D eigenvalue weighted by atomic mass is 9.96. The lowest BCUT2D eigenvalue weighted by molar-refractivity contribution is -0.152. The van der Waals surface area contributed by atoms with Gasteiger partial charge in [-0.3, -0.25) is 9.69 Å². The van der Waals surface area contributed by atoms with E-state index >= 15 is 0 Å². The lowest BCUT2D eigenvalue weighted by Crippen LogP contribution is -2.48. The van der Waals surface area contributed by atoms with Gasteiger partial charge in [0.1, 0.15) is 0 Å². The van der Waals surface area contributed by atoms with Crippen molar-refractivity contribution >= 4 is 11.7 Å². The van der Waals surface area contributed by atoms with Crippen molar-refractivity contribution in [2.75, 3.05) is 37.7 Å². The fraction of sp³-hybridized carbons (Fsp3) is 0.367. The SMILES string of the molecule is CC(C)(C)C(=O)OCCc1ccc(N2CCN(C(c3ccccc3)c3ccccc3)CC2)cc1. The van der Waals surface area contributed by atoms with Gasteiger partial charge in [-0.25, -0.2) is 0 Å². The molecular formula is C30H36N2O2. The van der Waals surface area contributed by atoms with Crippen molar-refractivity contribution < 1.29 is 9.53 Å². The summed E-state index contributed by atoms with van der Waals surface area (Å²) in [5, 5.41) is 0. The van der Waals surface area contributed by atoms with E-state index in [9.17, 15) is 4.79 Å². The summed E-state index contributed by atoms with van der Waals surface area (Å²) in [5.74, 6) is -0.147. The molecule has 1 fully saturated rings. The smallest absolute Gasteiger partial charge is 0.311 e. The van der Waals surface area contributed by atoms with Gasteiger partial charge in [0.05, 0.1) is 18.1 Å². The first-order valence-electron chi connectivity index (χ1n) is 12.3. The van der Waals surface area contributed by atoms with Gasteiger partial charge in [-0.15, -0.1) is 0 Å². The number of piperazine rings is 1. The first kappa shape index (κ1) is 24.0. The minimum atomic E-state index is -0.452. The Morgan fingerprint density at radius 3 is 1.82 bits per heavy atom. The number of nitrogens with zero attached hydrogens (tertiary/aromatic N) is 2. The fourth-order valence-electron chi connectivity index (χ4n) is 4.47. The van der Waals surface area contributed by atoms with E-state index in [-0.39, 0.29) is 12.0 Å². The summed E-state index contributed by atoms with van der Waals surface area (Å²) in [7, 11) is 0. The van der Waals surface area contributed by atoms with Crippen LogP contribution in [-0.4, -0.2) is 43.7 Å². The summed E-state index contributed by atoms with van der Waals surface area (Å²) in [6.07, 6.45) is 0.742. The normalized spacial score (nSPS) is 14.9. The molecule has 0 aromatic heterocycles. The minimum Gasteiger partial charge on any atom is -0.465 e. The third-order valence-corrected chi connectivity index (χ3v) is 6.45. The molecule has 0 spiro atoms. The molecule has 1 heterocycles. The van der Waals surface area contributed by atoms with Gasteiger partial charge in [0.25, 0.3) is 0 Å². The maximum Gasteiger partial charge on any atom is 0.311 e. The van der Waals surface area contributed by atoms with Crippen LogP contribution in [0.1, 0.15) is 43.5 Å². The first-order valence-corrected chi connectivity index (χ1v) is 12.3. The summed E-state index contributed by atoms with van der Waals surface area (Å²) in [5.41, 5.74) is 4.69. The fourth-order valence-corrected chi connectivity index (χ4v) is 4.47. The van der Waals surface area contributed by atoms with Gasteiger partial charge in [-0.05, 0) is 49.6 Å². The van der Waals surface area contributed by atoms with Crippen molar-refractivity contribution in [1.29, 1.82) is 0 Å². The Balaban J connectivity index is 1.35. The van der Waals surface area contributed by atoms with Crippen LogP contribution < -0.4 is 4.90 Å². The second-order valence-corrected chi connectivity index (χ2v) is 10.0. The molecule has 4 heteroatoms. The monoisotopic (exact) mass is 456 g/mol. The molecule has 0 unspecified atom stereocenters. The number of anilines is 1. The van der Waals surface area contributed by atoms with Gasteiger partial charge < -0.3 is 9.64 Å². The van der Waals surface area contributed by atoms with Crippen LogP contribution in [0, 0.1) is 5.41 Å². The molecule has 0 bridgehead atoms. The van der Waals surface area contributed by atoms with Crippen LogP contribution in [-0.2, 0) is 16.0 Å². The molecule has 1 aliphatic rings. The number of hydrogen-bond donors (Lipinski definition) is 0. The van der Waals surface area contributed by atoms with Crippen LogP contribution in [0.25, 0.3) is 0 Å². The second-order valence-electron chi connectivity index (χ2n) is 10.0. The van der Waals surface area contributed by atoms with Crippen LogP contribution >= 0.6 is 0 Å². The third kappa shape index (κ3) is 6.06. The van der Waals surface area contributed by atoms with Gasteiger partial charge in [0.15, 0.2) is 0 Å². The molecule has 0 aliphatic carbocycles. The molecule has 0 amide bonds. The van der Waals surface area contributed by atoms with E-state index in [4.69, 9.17) is 4.74 Å². The highest BCUT2D eigenvalue weighted by Crippen LogP contribution is 2.30. The number of carbonyl (C=O) groups excluding carboxylic acids is 1. The molecule has 1 saturated heterocycles. The molecule has 4 rings (SSSR count). The van der Waals surface area contributed by atoms with Crippen LogP contribution in [0.3, 0.4) is 0 Å². The molecule has 34 heavy (non-hydrogen) atoms. The minimum absolute atomic E-state index is 0.147. The highest BCUT2D eigenvalue weighted by atomic mass is 16.5. The van der Waals surface area contributed by atoms with Gasteiger partial charge in [-0.2, -0.15) is 0 Å². The van der Waals surface area contributed by atoms with E-state index in [1.54, 1.807) is 0 Å². The Bertz CT molecular complexity index is 995. The highest BCUT2D eigenvalue weighted by Gasteiger charge is 2.26. The van der Waals surface area contributed by atoms with Crippen LogP contribution in [0.4, 0.5) is 5.69 Å². The van der Waals surface area contributed by atoms with E-state index < -0.39 is 5.41 Å². The lowest BCUT2D eigenvalue weighted by Gasteiger charge is -2.40. The van der Waals surface area contributed by atoms with Crippen molar-refractivity contribution in [1.82, 2.24) is 4.90 Å². The number of esters is 1. The summed E-state index contributed by atoms with van der Waals surface area (Å²) < 4.78 is 5.41. The zero-order valence-corrected chi connectivity index (χ0v) is 20.6. The van der Waals surface area contributed by atoms with Crippen LogP contribution in [0.5, 0.6) is 0 Å². The predicted octanol–water partition coefficient (Wildman–Crippen LogP) is 5.73. The molecular weight excluding hydrogens is 420 g/mol.